The maximum Gasteiger partial charge on any atom is 0.318 e. The number of halogens is 1. The van der Waals surface area contributed by atoms with Crippen molar-refractivity contribution in [1.29, 1.82) is 0 Å². The van der Waals surface area contributed by atoms with Gasteiger partial charge in [-0.25, -0.2) is 4.98 Å². The molecule has 11 heteroatoms. The topological polar surface area (TPSA) is 100 Å². The van der Waals surface area contributed by atoms with Crippen molar-refractivity contribution in [2.24, 2.45) is 0 Å². The van der Waals surface area contributed by atoms with Crippen molar-refractivity contribution < 1.29 is 19.4 Å². The van der Waals surface area contributed by atoms with Gasteiger partial charge in [0.15, 0.2) is 0 Å². The Balaban J connectivity index is 1.53. The van der Waals surface area contributed by atoms with E-state index < -0.39 is 5.79 Å². The Kier molecular flexibility index (Phi) is 7.75. The second-order valence-electron chi connectivity index (χ2n) is 8.22. The number of nitrogens with one attached hydrogen (secondary N) is 1. The number of nitrogens with zero attached hydrogens (tertiary/aromatic N) is 4. The number of benzene rings is 1. The standard InChI is InChI=1S/C24H28ClN5O4S/c1-26-9-8-24(32,20-5-4-12-35-20)34-19-7-6-16(13-18(19)25)15-30-11-10-29(2)21-17(22(30)31)14-27-23(28-21)33-3/h4-7,12-14,26,32H,8-11,15H2,1-3H3/t24-/m1/s1. The van der Waals surface area contributed by atoms with Gasteiger partial charge in [0.2, 0.25) is 5.79 Å². The van der Waals surface area contributed by atoms with E-state index in [4.69, 9.17) is 21.1 Å². The summed E-state index contributed by atoms with van der Waals surface area (Å²) in [5.74, 6) is -0.753. The number of amides is 1. The summed E-state index contributed by atoms with van der Waals surface area (Å²) in [5, 5.41) is 16.5. The number of ether oxygens (including phenoxy) is 2. The summed E-state index contributed by atoms with van der Waals surface area (Å²) >= 11 is 7.98. The lowest BCUT2D eigenvalue weighted by atomic mass is 10.1. The molecule has 0 spiro atoms. The summed E-state index contributed by atoms with van der Waals surface area (Å²) in [6.07, 6.45) is 1.85. The molecule has 1 atom stereocenters. The highest BCUT2D eigenvalue weighted by molar-refractivity contribution is 7.10. The minimum absolute atomic E-state index is 0.164. The van der Waals surface area contributed by atoms with E-state index in [1.165, 1.54) is 24.6 Å². The average molecular weight is 518 g/mol. The van der Waals surface area contributed by atoms with E-state index in [1.807, 2.05) is 42.6 Å². The third-order valence-electron chi connectivity index (χ3n) is 5.78. The van der Waals surface area contributed by atoms with E-state index in [1.54, 1.807) is 17.0 Å². The monoisotopic (exact) mass is 517 g/mol. The third kappa shape index (κ3) is 5.51. The summed E-state index contributed by atoms with van der Waals surface area (Å²) in [5.41, 5.74) is 1.26. The van der Waals surface area contributed by atoms with E-state index in [0.29, 0.717) is 59.6 Å². The fraction of sp³-hybridized carbons (Fsp3) is 0.375. The first kappa shape index (κ1) is 25.2. The molecule has 0 unspecified atom stereocenters. The van der Waals surface area contributed by atoms with Crippen molar-refractivity contribution in [1.82, 2.24) is 20.2 Å². The van der Waals surface area contributed by atoms with Crippen LogP contribution in [0.2, 0.25) is 5.02 Å². The van der Waals surface area contributed by atoms with Crippen molar-refractivity contribution in [3.8, 4) is 11.8 Å². The molecular formula is C24H28ClN5O4S. The highest BCUT2D eigenvalue weighted by Crippen LogP contribution is 2.36. The Hall–Kier alpha value is -2.92. The van der Waals surface area contributed by atoms with Crippen LogP contribution in [0.4, 0.5) is 5.82 Å². The zero-order valence-electron chi connectivity index (χ0n) is 19.8. The van der Waals surface area contributed by atoms with Gasteiger partial charge in [-0.15, -0.1) is 11.3 Å². The number of likely N-dealkylation sites (N-methyl/N-ethyl adjacent to an activating group) is 1. The molecule has 1 aliphatic rings. The first-order valence-electron chi connectivity index (χ1n) is 11.1. The number of aromatic nitrogens is 2. The van der Waals surface area contributed by atoms with Gasteiger partial charge in [-0.2, -0.15) is 4.98 Å². The summed E-state index contributed by atoms with van der Waals surface area (Å²) in [6, 6.07) is 9.26. The molecule has 2 aromatic heterocycles. The minimum Gasteiger partial charge on any atom is -0.467 e. The van der Waals surface area contributed by atoms with Crippen LogP contribution in [0, 0.1) is 0 Å². The number of thiophene rings is 1. The Morgan fingerprint density at radius 3 is 2.83 bits per heavy atom. The molecular weight excluding hydrogens is 490 g/mol. The predicted octanol–water partition coefficient (Wildman–Crippen LogP) is 3.13. The maximum absolute atomic E-state index is 13.2. The molecule has 2 N–H and O–H groups in total. The summed E-state index contributed by atoms with van der Waals surface area (Å²) in [4.78, 5) is 26.0. The van der Waals surface area contributed by atoms with E-state index in [9.17, 15) is 9.90 Å². The first-order chi connectivity index (χ1) is 16.8. The lowest BCUT2D eigenvalue weighted by Crippen LogP contribution is -2.35. The highest BCUT2D eigenvalue weighted by Gasteiger charge is 2.33. The maximum atomic E-state index is 13.2. The van der Waals surface area contributed by atoms with Crippen LogP contribution in [-0.4, -0.2) is 66.7 Å². The smallest absolute Gasteiger partial charge is 0.318 e. The molecule has 0 bridgehead atoms. The van der Waals surface area contributed by atoms with Crippen molar-refractivity contribution >= 4 is 34.7 Å². The molecule has 0 saturated carbocycles. The number of carbonyl (C=O) groups is 1. The number of hydrogen-bond acceptors (Lipinski definition) is 9. The van der Waals surface area contributed by atoms with Crippen LogP contribution >= 0.6 is 22.9 Å². The number of fused-ring (bicyclic) bond motifs is 1. The number of rotatable bonds is 9. The van der Waals surface area contributed by atoms with Gasteiger partial charge in [0, 0.05) is 45.8 Å². The number of methoxy groups -OCH3 is 1. The zero-order chi connectivity index (χ0) is 25.0. The molecule has 0 fully saturated rings. The highest BCUT2D eigenvalue weighted by atomic mass is 35.5. The van der Waals surface area contributed by atoms with Gasteiger partial charge in [-0.3, -0.25) is 4.79 Å². The second-order valence-corrected chi connectivity index (χ2v) is 9.58. The molecule has 0 aliphatic carbocycles. The largest absolute Gasteiger partial charge is 0.467 e. The molecule has 186 valence electrons. The molecule has 4 rings (SSSR count). The SMILES string of the molecule is CNCC[C@@](O)(Oc1ccc(CN2CCN(C)c3nc(OC)ncc3C2=O)cc1Cl)c1cccs1. The van der Waals surface area contributed by atoms with E-state index >= 15 is 0 Å². The number of aliphatic hydroxyl groups is 1. The lowest BCUT2D eigenvalue weighted by molar-refractivity contribution is -0.147. The fourth-order valence-electron chi connectivity index (χ4n) is 3.84. The van der Waals surface area contributed by atoms with Gasteiger partial charge in [-0.1, -0.05) is 23.7 Å². The van der Waals surface area contributed by atoms with E-state index in [0.717, 1.165) is 5.56 Å². The van der Waals surface area contributed by atoms with Gasteiger partial charge >= 0.3 is 6.01 Å². The quantitative estimate of drug-likeness (QED) is 0.418. The number of hydrogen-bond donors (Lipinski definition) is 2. The zero-order valence-corrected chi connectivity index (χ0v) is 21.4. The average Bonchev–Trinajstić information content (AvgIpc) is 3.38. The van der Waals surface area contributed by atoms with Gasteiger partial charge in [0.1, 0.15) is 17.1 Å². The molecule has 35 heavy (non-hydrogen) atoms. The molecule has 1 aromatic carbocycles. The molecule has 1 amide bonds. The van der Waals surface area contributed by atoms with Gasteiger partial charge < -0.3 is 29.7 Å². The van der Waals surface area contributed by atoms with Crippen LogP contribution in [0.1, 0.15) is 27.2 Å². The van der Waals surface area contributed by atoms with Crippen molar-refractivity contribution in [2.45, 2.75) is 18.8 Å². The molecule has 9 nitrogen and oxygen atoms in total. The van der Waals surface area contributed by atoms with Crippen molar-refractivity contribution in [2.75, 3.05) is 45.7 Å². The first-order valence-corrected chi connectivity index (χ1v) is 12.4. The van der Waals surface area contributed by atoms with Gasteiger partial charge in [0.25, 0.3) is 5.91 Å². The Morgan fingerprint density at radius 2 is 2.14 bits per heavy atom. The summed E-state index contributed by atoms with van der Waals surface area (Å²) in [6.45, 7) is 2.03. The third-order valence-corrected chi connectivity index (χ3v) is 7.08. The molecule has 1 aliphatic heterocycles. The van der Waals surface area contributed by atoms with Crippen LogP contribution in [-0.2, 0) is 12.3 Å². The Morgan fingerprint density at radius 1 is 1.31 bits per heavy atom. The lowest BCUT2D eigenvalue weighted by Gasteiger charge is -2.29. The number of carbonyl (C=O) groups excluding carboxylic acids is 1. The van der Waals surface area contributed by atoms with Crippen molar-refractivity contribution in [3.63, 3.8) is 0 Å². The summed E-state index contributed by atoms with van der Waals surface area (Å²) < 4.78 is 11.1. The second kappa shape index (κ2) is 10.8. The van der Waals surface area contributed by atoms with E-state index in [2.05, 4.69) is 15.3 Å². The minimum atomic E-state index is -1.50. The molecule has 0 radical (unpaired) electrons. The Bertz CT molecular complexity index is 1180. The van der Waals surface area contributed by atoms with Gasteiger partial charge in [-0.05, 0) is 36.2 Å². The van der Waals surface area contributed by atoms with Crippen LogP contribution < -0.4 is 19.7 Å². The molecule has 0 saturated heterocycles. The van der Waals surface area contributed by atoms with Crippen LogP contribution in [0.3, 0.4) is 0 Å². The molecule has 3 aromatic rings. The summed E-state index contributed by atoms with van der Waals surface area (Å²) in [7, 11) is 5.19. The van der Waals surface area contributed by atoms with Crippen LogP contribution in [0.25, 0.3) is 0 Å². The van der Waals surface area contributed by atoms with Crippen LogP contribution in [0.15, 0.2) is 41.9 Å². The number of anilines is 1. The van der Waals surface area contributed by atoms with Crippen molar-refractivity contribution in [3.05, 3.63) is 62.9 Å². The van der Waals surface area contributed by atoms with E-state index in [-0.39, 0.29) is 11.9 Å². The van der Waals surface area contributed by atoms with Crippen LogP contribution in [0.5, 0.6) is 11.8 Å². The predicted molar refractivity (Wildman–Crippen MR) is 135 cm³/mol. The van der Waals surface area contributed by atoms with Gasteiger partial charge in [0.05, 0.1) is 17.0 Å². The Labute approximate surface area is 213 Å². The fourth-order valence-corrected chi connectivity index (χ4v) is 4.87. The normalized spacial score (nSPS) is 15.4. The molecule has 3 heterocycles.